The molecular formula is C26H26N6O4. The molecule has 1 saturated heterocycles. The van der Waals surface area contributed by atoms with Gasteiger partial charge in [0.05, 0.1) is 23.7 Å². The van der Waals surface area contributed by atoms with E-state index in [0.717, 1.165) is 5.56 Å². The SMILES string of the molecule is O=C(Nc1cccc(CNC(=O)N2CCN(Cc3nc4ccccc4c(=O)[nH]3)CC2)c1)c1ccco1. The van der Waals surface area contributed by atoms with Crippen LogP contribution < -0.4 is 16.2 Å². The van der Waals surface area contributed by atoms with E-state index < -0.39 is 0 Å². The molecular weight excluding hydrogens is 460 g/mol. The summed E-state index contributed by atoms with van der Waals surface area (Å²) in [5.74, 6) is 0.522. The number of carbonyl (C=O) groups is 2. The molecule has 0 radical (unpaired) electrons. The molecule has 1 aliphatic heterocycles. The number of aromatic amines is 1. The predicted octanol–water partition coefficient (Wildman–Crippen LogP) is 2.80. The molecule has 3 amide bonds. The molecule has 0 saturated carbocycles. The fourth-order valence-corrected chi connectivity index (χ4v) is 4.18. The quantitative estimate of drug-likeness (QED) is 0.385. The zero-order chi connectivity index (χ0) is 24.9. The van der Waals surface area contributed by atoms with Gasteiger partial charge in [0.2, 0.25) is 0 Å². The lowest BCUT2D eigenvalue weighted by Gasteiger charge is -2.34. The van der Waals surface area contributed by atoms with Gasteiger partial charge in [-0.3, -0.25) is 14.5 Å². The van der Waals surface area contributed by atoms with Crippen LogP contribution in [0.3, 0.4) is 0 Å². The van der Waals surface area contributed by atoms with E-state index in [4.69, 9.17) is 4.42 Å². The highest BCUT2D eigenvalue weighted by molar-refractivity contribution is 6.02. The van der Waals surface area contributed by atoms with Crippen molar-refractivity contribution in [2.24, 2.45) is 0 Å². The Morgan fingerprint density at radius 2 is 1.83 bits per heavy atom. The number of H-pyrrole nitrogens is 1. The highest BCUT2D eigenvalue weighted by Gasteiger charge is 2.21. The Bertz CT molecular complexity index is 1420. The number of carbonyl (C=O) groups excluding carboxylic acids is 2. The number of urea groups is 1. The molecule has 2 aromatic heterocycles. The molecule has 0 aliphatic carbocycles. The smallest absolute Gasteiger partial charge is 0.317 e. The normalized spacial score (nSPS) is 14.1. The molecule has 0 spiro atoms. The molecule has 0 unspecified atom stereocenters. The Hall–Kier alpha value is -4.44. The molecule has 184 valence electrons. The summed E-state index contributed by atoms with van der Waals surface area (Å²) in [5.41, 5.74) is 2.03. The summed E-state index contributed by atoms with van der Waals surface area (Å²) in [6, 6.07) is 17.7. The van der Waals surface area contributed by atoms with Crippen LogP contribution in [0.5, 0.6) is 0 Å². The van der Waals surface area contributed by atoms with Crippen LogP contribution in [0.25, 0.3) is 10.9 Å². The van der Waals surface area contributed by atoms with Gasteiger partial charge in [0, 0.05) is 38.4 Å². The molecule has 3 heterocycles. The number of rotatable bonds is 6. The van der Waals surface area contributed by atoms with Crippen LogP contribution in [0.1, 0.15) is 21.9 Å². The average molecular weight is 487 g/mol. The van der Waals surface area contributed by atoms with Crippen molar-refractivity contribution >= 4 is 28.5 Å². The fourth-order valence-electron chi connectivity index (χ4n) is 4.18. The molecule has 10 nitrogen and oxygen atoms in total. The number of para-hydroxylation sites is 1. The second kappa shape index (κ2) is 10.4. The first kappa shape index (κ1) is 23.3. The first-order valence-corrected chi connectivity index (χ1v) is 11.7. The van der Waals surface area contributed by atoms with Crippen LogP contribution in [0, 0.1) is 0 Å². The number of amides is 3. The summed E-state index contributed by atoms with van der Waals surface area (Å²) in [6.45, 7) is 3.36. The molecule has 0 atom stereocenters. The summed E-state index contributed by atoms with van der Waals surface area (Å²) in [6.07, 6.45) is 1.45. The van der Waals surface area contributed by atoms with Crippen molar-refractivity contribution < 1.29 is 14.0 Å². The molecule has 4 aromatic rings. The average Bonchev–Trinajstić information content (AvgIpc) is 3.44. The Balaban J connectivity index is 1.10. The van der Waals surface area contributed by atoms with Gasteiger partial charge in [0.1, 0.15) is 5.82 Å². The van der Waals surface area contributed by atoms with Gasteiger partial charge in [-0.1, -0.05) is 24.3 Å². The van der Waals surface area contributed by atoms with Crippen molar-refractivity contribution in [1.82, 2.24) is 25.1 Å². The van der Waals surface area contributed by atoms with Gasteiger partial charge in [-0.15, -0.1) is 0 Å². The topological polar surface area (TPSA) is 124 Å². The zero-order valence-electron chi connectivity index (χ0n) is 19.6. The third-order valence-electron chi connectivity index (χ3n) is 6.07. The maximum atomic E-state index is 12.7. The molecule has 0 bridgehead atoms. The maximum Gasteiger partial charge on any atom is 0.317 e. The molecule has 5 rings (SSSR count). The minimum Gasteiger partial charge on any atom is -0.459 e. The molecule has 10 heteroatoms. The molecule has 2 aromatic carbocycles. The minimum absolute atomic E-state index is 0.141. The van der Waals surface area contributed by atoms with E-state index in [9.17, 15) is 14.4 Å². The number of furan rings is 1. The number of piperazine rings is 1. The van der Waals surface area contributed by atoms with Crippen molar-refractivity contribution in [2.45, 2.75) is 13.1 Å². The summed E-state index contributed by atoms with van der Waals surface area (Å²) >= 11 is 0. The van der Waals surface area contributed by atoms with Crippen LogP contribution >= 0.6 is 0 Å². The number of aromatic nitrogens is 2. The fraction of sp³-hybridized carbons (Fsp3) is 0.231. The van der Waals surface area contributed by atoms with Gasteiger partial charge >= 0.3 is 6.03 Å². The van der Waals surface area contributed by atoms with Gasteiger partial charge in [0.25, 0.3) is 11.5 Å². The van der Waals surface area contributed by atoms with Crippen LogP contribution in [-0.2, 0) is 13.1 Å². The molecule has 36 heavy (non-hydrogen) atoms. The first-order chi connectivity index (χ1) is 17.5. The van der Waals surface area contributed by atoms with Crippen LogP contribution in [0.4, 0.5) is 10.5 Å². The van der Waals surface area contributed by atoms with Crippen LogP contribution in [0.2, 0.25) is 0 Å². The van der Waals surface area contributed by atoms with E-state index in [1.807, 2.05) is 36.4 Å². The lowest BCUT2D eigenvalue weighted by Crippen LogP contribution is -2.51. The van der Waals surface area contributed by atoms with Gasteiger partial charge in [-0.05, 0) is 42.0 Å². The van der Waals surface area contributed by atoms with E-state index in [1.165, 1.54) is 6.26 Å². The van der Waals surface area contributed by atoms with Crippen molar-refractivity contribution in [1.29, 1.82) is 0 Å². The van der Waals surface area contributed by atoms with Gasteiger partial charge < -0.3 is 24.9 Å². The highest BCUT2D eigenvalue weighted by atomic mass is 16.3. The molecule has 1 aliphatic rings. The Morgan fingerprint density at radius 3 is 2.64 bits per heavy atom. The third kappa shape index (κ3) is 5.44. The van der Waals surface area contributed by atoms with Crippen LogP contribution in [0.15, 0.2) is 76.1 Å². The largest absolute Gasteiger partial charge is 0.459 e. The van der Waals surface area contributed by atoms with Crippen molar-refractivity contribution in [3.63, 3.8) is 0 Å². The summed E-state index contributed by atoms with van der Waals surface area (Å²) in [7, 11) is 0. The Morgan fingerprint density at radius 1 is 1.00 bits per heavy atom. The number of benzene rings is 2. The predicted molar refractivity (Wildman–Crippen MR) is 135 cm³/mol. The molecule has 3 N–H and O–H groups in total. The number of hydrogen-bond donors (Lipinski definition) is 3. The number of nitrogens with zero attached hydrogens (tertiary/aromatic N) is 3. The van der Waals surface area contributed by atoms with E-state index in [-0.39, 0.29) is 23.3 Å². The summed E-state index contributed by atoms with van der Waals surface area (Å²) in [4.78, 5) is 48.5. The maximum absolute atomic E-state index is 12.7. The Kier molecular flexibility index (Phi) is 6.76. The second-order valence-electron chi connectivity index (χ2n) is 8.58. The van der Waals surface area contributed by atoms with Gasteiger partial charge in [-0.25, -0.2) is 9.78 Å². The van der Waals surface area contributed by atoms with E-state index in [2.05, 4.69) is 25.5 Å². The zero-order valence-corrected chi connectivity index (χ0v) is 19.6. The lowest BCUT2D eigenvalue weighted by molar-refractivity contribution is 0.0996. The lowest BCUT2D eigenvalue weighted by atomic mass is 10.2. The van der Waals surface area contributed by atoms with E-state index >= 15 is 0 Å². The Labute approximate surface area is 206 Å². The van der Waals surface area contributed by atoms with E-state index in [0.29, 0.717) is 61.7 Å². The number of anilines is 1. The van der Waals surface area contributed by atoms with E-state index in [1.54, 1.807) is 29.2 Å². The second-order valence-corrected chi connectivity index (χ2v) is 8.58. The van der Waals surface area contributed by atoms with Crippen LogP contribution in [-0.4, -0.2) is 57.9 Å². The van der Waals surface area contributed by atoms with Gasteiger partial charge in [0.15, 0.2) is 5.76 Å². The van der Waals surface area contributed by atoms with Crippen molar-refractivity contribution in [3.05, 3.63) is 94.4 Å². The molecule has 1 fully saturated rings. The standard InChI is InChI=1S/C26H26N6O4/c33-24-20-7-1-2-8-21(20)29-23(30-24)17-31-10-12-32(13-11-31)26(35)27-16-18-5-3-6-19(15-18)28-25(34)22-9-4-14-36-22/h1-9,14-15H,10-13,16-17H2,(H,27,35)(H,28,34)(H,29,30,33). The van der Waals surface area contributed by atoms with Gasteiger partial charge in [-0.2, -0.15) is 0 Å². The highest BCUT2D eigenvalue weighted by Crippen LogP contribution is 2.13. The monoisotopic (exact) mass is 486 g/mol. The minimum atomic E-state index is -0.331. The summed E-state index contributed by atoms with van der Waals surface area (Å²) < 4.78 is 5.11. The number of nitrogens with one attached hydrogen (secondary N) is 3. The first-order valence-electron chi connectivity index (χ1n) is 11.7. The third-order valence-corrected chi connectivity index (χ3v) is 6.07. The van der Waals surface area contributed by atoms with Crippen molar-refractivity contribution in [3.8, 4) is 0 Å². The summed E-state index contributed by atoms with van der Waals surface area (Å²) in [5, 5.41) is 6.31. The number of hydrogen-bond acceptors (Lipinski definition) is 6. The number of fused-ring (bicyclic) bond motifs is 1. The van der Waals surface area contributed by atoms with Crippen molar-refractivity contribution in [2.75, 3.05) is 31.5 Å².